The monoisotopic (exact) mass is 243 g/mol. The van der Waals surface area contributed by atoms with E-state index in [9.17, 15) is 0 Å². The summed E-state index contributed by atoms with van der Waals surface area (Å²) in [4.78, 5) is 5.08. The fraction of sp³-hybridized carbons (Fsp3) is 0.625. The molecule has 1 aromatic rings. The first kappa shape index (κ1) is 12.2. The van der Waals surface area contributed by atoms with E-state index < -0.39 is 0 Å². The Morgan fingerprint density at radius 1 is 1.33 bits per heavy atom. The summed E-state index contributed by atoms with van der Waals surface area (Å²) >= 11 is 0. The smallest absolute Gasteiger partial charge is 0.0236 e. The lowest BCUT2D eigenvalue weighted by molar-refractivity contribution is 0.233. The zero-order chi connectivity index (χ0) is 12.4. The van der Waals surface area contributed by atoms with Crippen molar-refractivity contribution in [1.82, 2.24) is 9.80 Å². The highest BCUT2D eigenvalue weighted by atomic mass is 15.1. The Balaban J connectivity index is 1.51. The van der Waals surface area contributed by atoms with Crippen LogP contribution in [0, 0.1) is 12.0 Å². The van der Waals surface area contributed by atoms with Crippen molar-refractivity contribution < 1.29 is 0 Å². The van der Waals surface area contributed by atoms with Crippen molar-refractivity contribution in [1.29, 1.82) is 0 Å². The molecule has 1 saturated heterocycles. The Morgan fingerprint density at radius 2 is 2.28 bits per heavy atom. The van der Waals surface area contributed by atoms with Crippen LogP contribution in [0.15, 0.2) is 18.2 Å². The molecule has 0 aromatic heterocycles. The first-order valence-electron chi connectivity index (χ1n) is 7.20. The van der Waals surface area contributed by atoms with Gasteiger partial charge in [0.15, 0.2) is 0 Å². The van der Waals surface area contributed by atoms with E-state index >= 15 is 0 Å². The molecule has 0 amide bonds. The fourth-order valence-electron chi connectivity index (χ4n) is 3.30. The molecule has 0 N–H and O–H groups in total. The van der Waals surface area contributed by atoms with Gasteiger partial charge in [0.05, 0.1) is 0 Å². The largest absolute Gasteiger partial charge is 0.306 e. The van der Waals surface area contributed by atoms with Crippen molar-refractivity contribution in [3.8, 4) is 0 Å². The van der Waals surface area contributed by atoms with Gasteiger partial charge in [0.1, 0.15) is 0 Å². The van der Waals surface area contributed by atoms with Crippen LogP contribution >= 0.6 is 0 Å². The molecule has 2 heteroatoms. The van der Waals surface area contributed by atoms with Gasteiger partial charge in [0, 0.05) is 19.6 Å². The molecule has 18 heavy (non-hydrogen) atoms. The molecule has 2 aliphatic heterocycles. The molecule has 2 heterocycles. The van der Waals surface area contributed by atoms with E-state index in [0.717, 1.165) is 12.5 Å². The molecule has 0 saturated carbocycles. The summed E-state index contributed by atoms with van der Waals surface area (Å²) in [5.41, 5.74) is 3.03. The molecule has 0 spiro atoms. The van der Waals surface area contributed by atoms with Crippen LogP contribution in [0.1, 0.15) is 24.0 Å². The van der Waals surface area contributed by atoms with E-state index in [-0.39, 0.29) is 0 Å². The second kappa shape index (κ2) is 5.41. The topological polar surface area (TPSA) is 6.48 Å². The highest BCUT2D eigenvalue weighted by Crippen LogP contribution is 2.22. The zero-order valence-electron chi connectivity index (χ0n) is 11.4. The maximum absolute atomic E-state index is 3.21. The first-order valence-corrected chi connectivity index (χ1v) is 7.20. The number of likely N-dealkylation sites (tertiary alicyclic amines) is 1. The Bertz CT molecular complexity index is 402. The zero-order valence-corrected chi connectivity index (χ0v) is 11.4. The SMILES string of the molecule is CN1CCC(CCN2CCc3cc[c]cc3C2)C1. The van der Waals surface area contributed by atoms with Crippen LogP contribution in [0.2, 0.25) is 0 Å². The normalized spacial score (nSPS) is 25.3. The van der Waals surface area contributed by atoms with E-state index in [0.29, 0.717) is 0 Å². The number of nitrogens with zero attached hydrogens (tertiary/aromatic N) is 2. The number of rotatable bonds is 3. The predicted molar refractivity (Wildman–Crippen MR) is 74.5 cm³/mol. The van der Waals surface area contributed by atoms with E-state index in [4.69, 9.17) is 0 Å². The van der Waals surface area contributed by atoms with Gasteiger partial charge in [-0.3, -0.25) is 4.90 Å². The van der Waals surface area contributed by atoms with Crippen LogP contribution < -0.4 is 0 Å². The minimum Gasteiger partial charge on any atom is -0.306 e. The van der Waals surface area contributed by atoms with Gasteiger partial charge >= 0.3 is 0 Å². The molecule has 0 bridgehead atoms. The standard InChI is InChI=1S/C16H23N2/c1-17-9-6-14(12-17)7-10-18-11-8-15-4-2-3-5-16(15)13-18/h2,4-5,14H,6-13H2,1H3. The molecule has 1 radical (unpaired) electrons. The van der Waals surface area contributed by atoms with Crippen LogP contribution in [0.25, 0.3) is 0 Å². The van der Waals surface area contributed by atoms with E-state index in [1.807, 2.05) is 6.07 Å². The third kappa shape index (κ3) is 2.76. The average Bonchev–Trinajstić information content (AvgIpc) is 2.82. The van der Waals surface area contributed by atoms with Gasteiger partial charge in [0.25, 0.3) is 0 Å². The summed E-state index contributed by atoms with van der Waals surface area (Å²) < 4.78 is 0. The van der Waals surface area contributed by atoms with Crippen LogP contribution in [-0.4, -0.2) is 43.0 Å². The molecule has 1 aromatic carbocycles. The van der Waals surface area contributed by atoms with Gasteiger partial charge in [-0.1, -0.05) is 12.1 Å². The van der Waals surface area contributed by atoms with Crippen LogP contribution in [-0.2, 0) is 13.0 Å². The maximum Gasteiger partial charge on any atom is 0.0236 e. The third-order valence-corrected chi connectivity index (χ3v) is 4.48. The van der Waals surface area contributed by atoms with Crippen molar-refractivity contribution in [3.05, 3.63) is 35.4 Å². The average molecular weight is 243 g/mol. The molecule has 2 nitrogen and oxygen atoms in total. The summed E-state index contributed by atoms with van der Waals surface area (Å²) in [7, 11) is 2.24. The molecule has 1 unspecified atom stereocenters. The summed E-state index contributed by atoms with van der Waals surface area (Å²) in [5.74, 6) is 0.929. The van der Waals surface area contributed by atoms with Crippen LogP contribution in [0.5, 0.6) is 0 Å². The Kier molecular flexibility index (Phi) is 3.67. The molecule has 2 aliphatic rings. The van der Waals surface area contributed by atoms with Crippen molar-refractivity contribution in [2.24, 2.45) is 5.92 Å². The van der Waals surface area contributed by atoms with Gasteiger partial charge < -0.3 is 4.90 Å². The molecule has 1 atom stereocenters. The second-order valence-corrected chi connectivity index (χ2v) is 5.93. The van der Waals surface area contributed by atoms with Gasteiger partial charge in [-0.2, -0.15) is 0 Å². The molecule has 1 fully saturated rings. The molecule has 97 valence electrons. The summed E-state index contributed by atoms with van der Waals surface area (Å²) in [6.07, 6.45) is 3.99. The highest BCUT2D eigenvalue weighted by Gasteiger charge is 2.21. The highest BCUT2D eigenvalue weighted by molar-refractivity contribution is 5.28. The third-order valence-electron chi connectivity index (χ3n) is 4.48. The Morgan fingerprint density at radius 3 is 3.11 bits per heavy atom. The van der Waals surface area contributed by atoms with Gasteiger partial charge in [-0.25, -0.2) is 0 Å². The minimum absolute atomic E-state index is 0.929. The quantitative estimate of drug-likeness (QED) is 0.803. The molecular weight excluding hydrogens is 220 g/mol. The predicted octanol–water partition coefficient (Wildman–Crippen LogP) is 2.19. The van der Waals surface area contributed by atoms with Gasteiger partial charge in [-0.05, 0) is 68.6 Å². The van der Waals surface area contributed by atoms with Crippen molar-refractivity contribution >= 4 is 0 Å². The Labute approximate surface area is 111 Å². The van der Waals surface area contributed by atoms with E-state index in [1.54, 1.807) is 0 Å². The summed E-state index contributed by atoms with van der Waals surface area (Å²) in [5, 5.41) is 0. The van der Waals surface area contributed by atoms with Crippen molar-refractivity contribution in [2.45, 2.75) is 25.8 Å². The van der Waals surface area contributed by atoms with Gasteiger partial charge in [-0.15, -0.1) is 0 Å². The number of fused-ring (bicyclic) bond motifs is 1. The second-order valence-electron chi connectivity index (χ2n) is 5.93. The van der Waals surface area contributed by atoms with Gasteiger partial charge in [0.2, 0.25) is 0 Å². The van der Waals surface area contributed by atoms with Crippen LogP contribution in [0.3, 0.4) is 0 Å². The summed E-state index contributed by atoms with van der Waals surface area (Å²) in [6, 6.07) is 9.66. The maximum atomic E-state index is 3.21. The lowest BCUT2D eigenvalue weighted by Crippen LogP contribution is -2.32. The van der Waals surface area contributed by atoms with E-state index in [2.05, 4.69) is 35.0 Å². The number of hydrogen-bond acceptors (Lipinski definition) is 2. The lowest BCUT2D eigenvalue weighted by Gasteiger charge is -2.29. The summed E-state index contributed by atoms with van der Waals surface area (Å²) in [6.45, 7) is 6.24. The minimum atomic E-state index is 0.929. The lowest BCUT2D eigenvalue weighted by atomic mass is 9.98. The molecule has 0 aliphatic carbocycles. The van der Waals surface area contributed by atoms with Crippen molar-refractivity contribution in [2.75, 3.05) is 33.2 Å². The Hall–Kier alpha value is -0.860. The molecule has 3 rings (SSSR count). The van der Waals surface area contributed by atoms with E-state index in [1.165, 1.54) is 56.6 Å². The number of hydrogen-bond donors (Lipinski definition) is 0. The molecular formula is C16H23N2. The number of benzene rings is 1. The first-order chi connectivity index (χ1) is 8.81. The van der Waals surface area contributed by atoms with Crippen molar-refractivity contribution in [3.63, 3.8) is 0 Å². The van der Waals surface area contributed by atoms with Crippen LogP contribution in [0.4, 0.5) is 0 Å². The fourth-order valence-corrected chi connectivity index (χ4v) is 3.30.